The van der Waals surface area contributed by atoms with E-state index in [0.717, 1.165) is 22.5 Å². The molecule has 4 rings (SSSR count). The van der Waals surface area contributed by atoms with Gasteiger partial charge in [0.25, 0.3) is 0 Å². The molecule has 1 atom stereocenters. The number of hydrogen-bond acceptors (Lipinski definition) is 4. The molecule has 0 saturated heterocycles. The number of amides is 2. The highest BCUT2D eigenvalue weighted by atomic mass is 16.2. The normalized spacial score (nSPS) is 11.8. The van der Waals surface area contributed by atoms with Gasteiger partial charge in [0, 0.05) is 18.8 Å². The van der Waals surface area contributed by atoms with Crippen molar-refractivity contribution in [1.82, 2.24) is 34.8 Å². The van der Waals surface area contributed by atoms with Crippen molar-refractivity contribution in [3.8, 4) is 11.4 Å². The van der Waals surface area contributed by atoms with Crippen LogP contribution in [-0.4, -0.2) is 42.5 Å². The number of aromatic nitrogens is 5. The maximum absolute atomic E-state index is 12.6. The number of carbonyl (C=O) groups excluding carboxylic acids is 1. The molecule has 1 N–H and O–H groups in total. The Kier molecular flexibility index (Phi) is 5.56. The minimum Gasteiger partial charge on any atom is -0.331 e. The van der Waals surface area contributed by atoms with Crippen LogP contribution in [0.2, 0.25) is 0 Å². The standard InChI is InChI=1S/C22H23N7O/c1-17(19-8-10-21(11-9-19)29-16-23-15-25-29)26-22(30)27(2)13-18-12-24-28(14-18)20-6-4-3-5-7-20/h3-12,14-17H,13H2,1-2H3,(H,26,30). The van der Waals surface area contributed by atoms with Crippen molar-refractivity contribution in [2.75, 3.05) is 7.05 Å². The van der Waals surface area contributed by atoms with Gasteiger partial charge in [-0.3, -0.25) is 0 Å². The zero-order valence-corrected chi connectivity index (χ0v) is 16.9. The smallest absolute Gasteiger partial charge is 0.317 e. The molecule has 0 aliphatic carbocycles. The summed E-state index contributed by atoms with van der Waals surface area (Å²) in [6.45, 7) is 2.43. The summed E-state index contributed by atoms with van der Waals surface area (Å²) >= 11 is 0. The van der Waals surface area contributed by atoms with Gasteiger partial charge in [0.05, 0.1) is 30.2 Å². The van der Waals surface area contributed by atoms with Gasteiger partial charge in [0.1, 0.15) is 12.7 Å². The summed E-state index contributed by atoms with van der Waals surface area (Å²) < 4.78 is 3.50. The number of nitrogens with zero attached hydrogens (tertiary/aromatic N) is 6. The fraction of sp³-hybridized carbons (Fsp3) is 0.182. The van der Waals surface area contributed by atoms with Gasteiger partial charge >= 0.3 is 6.03 Å². The Balaban J connectivity index is 1.34. The van der Waals surface area contributed by atoms with Crippen molar-refractivity contribution in [3.63, 3.8) is 0 Å². The predicted molar refractivity (Wildman–Crippen MR) is 113 cm³/mol. The van der Waals surface area contributed by atoms with E-state index in [1.165, 1.54) is 6.33 Å². The van der Waals surface area contributed by atoms with Crippen molar-refractivity contribution in [1.29, 1.82) is 0 Å². The van der Waals surface area contributed by atoms with Crippen molar-refractivity contribution in [2.24, 2.45) is 0 Å². The van der Waals surface area contributed by atoms with E-state index in [9.17, 15) is 4.79 Å². The van der Waals surface area contributed by atoms with Gasteiger partial charge in [-0.15, -0.1) is 0 Å². The van der Waals surface area contributed by atoms with Crippen LogP contribution >= 0.6 is 0 Å². The number of hydrogen-bond donors (Lipinski definition) is 1. The number of para-hydroxylation sites is 1. The van der Waals surface area contributed by atoms with Crippen LogP contribution in [-0.2, 0) is 6.54 Å². The topological polar surface area (TPSA) is 80.9 Å². The molecule has 2 aromatic heterocycles. The number of urea groups is 1. The van der Waals surface area contributed by atoms with Crippen molar-refractivity contribution in [3.05, 3.63) is 90.8 Å². The van der Waals surface area contributed by atoms with Crippen LogP contribution < -0.4 is 5.32 Å². The van der Waals surface area contributed by atoms with E-state index >= 15 is 0 Å². The van der Waals surface area contributed by atoms with Crippen LogP contribution in [0.1, 0.15) is 24.1 Å². The number of nitrogens with one attached hydrogen (secondary N) is 1. The Morgan fingerprint density at radius 1 is 1.03 bits per heavy atom. The van der Waals surface area contributed by atoms with Crippen molar-refractivity contribution < 1.29 is 4.79 Å². The lowest BCUT2D eigenvalue weighted by molar-refractivity contribution is 0.203. The highest BCUT2D eigenvalue weighted by molar-refractivity contribution is 5.74. The van der Waals surface area contributed by atoms with E-state index in [-0.39, 0.29) is 12.1 Å². The molecule has 0 spiro atoms. The summed E-state index contributed by atoms with van der Waals surface area (Å²) in [6, 6.07) is 17.5. The van der Waals surface area contributed by atoms with Gasteiger partial charge in [-0.1, -0.05) is 30.3 Å². The Morgan fingerprint density at radius 3 is 2.47 bits per heavy atom. The average Bonchev–Trinajstić information content (AvgIpc) is 3.47. The van der Waals surface area contributed by atoms with E-state index in [2.05, 4.69) is 20.5 Å². The number of carbonyl (C=O) groups is 1. The van der Waals surface area contributed by atoms with Gasteiger partial charge < -0.3 is 10.2 Å². The van der Waals surface area contributed by atoms with Crippen LogP contribution in [0.5, 0.6) is 0 Å². The minimum absolute atomic E-state index is 0.128. The first kappa shape index (κ1) is 19.4. The Morgan fingerprint density at radius 2 is 1.77 bits per heavy atom. The molecule has 0 aliphatic heterocycles. The van der Waals surface area contributed by atoms with E-state index in [0.29, 0.717) is 6.54 Å². The van der Waals surface area contributed by atoms with E-state index in [1.807, 2.05) is 67.7 Å². The van der Waals surface area contributed by atoms with Crippen LogP contribution in [0.3, 0.4) is 0 Å². The molecule has 2 amide bonds. The quantitative estimate of drug-likeness (QED) is 0.537. The predicted octanol–water partition coefficient (Wildman–Crippen LogP) is 3.36. The summed E-state index contributed by atoms with van der Waals surface area (Å²) in [4.78, 5) is 18.2. The zero-order valence-electron chi connectivity index (χ0n) is 16.9. The van der Waals surface area contributed by atoms with Crippen LogP contribution in [0.4, 0.5) is 4.79 Å². The van der Waals surface area contributed by atoms with Gasteiger partial charge in [-0.25, -0.2) is 19.1 Å². The second-order valence-electron chi connectivity index (χ2n) is 7.09. The third-order valence-electron chi connectivity index (χ3n) is 4.84. The summed E-state index contributed by atoms with van der Waals surface area (Å²) in [7, 11) is 1.77. The molecule has 152 valence electrons. The maximum atomic E-state index is 12.6. The minimum atomic E-state index is -0.143. The van der Waals surface area contributed by atoms with Gasteiger partial charge in [-0.2, -0.15) is 10.2 Å². The molecule has 2 aromatic carbocycles. The summed E-state index contributed by atoms with van der Waals surface area (Å²) in [5.41, 5.74) is 3.87. The maximum Gasteiger partial charge on any atom is 0.317 e. The Bertz CT molecular complexity index is 1090. The lowest BCUT2D eigenvalue weighted by Crippen LogP contribution is -2.38. The SMILES string of the molecule is CC(NC(=O)N(C)Cc1cnn(-c2ccccc2)c1)c1ccc(-n2cncn2)cc1. The van der Waals surface area contributed by atoms with Crippen LogP contribution in [0.15, 0.2) is 79.6 Å². The van der Waals surface area contributed by atoms with Gasteiger partial charge in [0.15, 0.2) is 0 Å². The van der Waals surface area contributed by atoms with Crippen molar-refractivity contribution in [2.45, 2.75) is 19.5 Å². The lowest BCUT2D eigenvalue weighted by Gasteiger charge is -2.21. The molecule has 0 radical (unpaired) electrons. The molecule has 30 heavy (non-hydrogen) atoms. The van der Waals surface area contributed by atoms with Crippen LogP contribution in [0.25, 0.3) is 11.4 Å². The molecule has 0 fully saturated rings. The molecule has 8 nitrogen and oxygen atoms in total. The first-order chi connectivity index (χ1) is 14.6. The largest absolute Gasteiger partial charge is 0.331 e. The first-order valence-corrected chi connectivity index (χ1v) is 9.66. The van der Waals surface area contributed by atoms with Gasteiger partial charge in [0.2, 0.25) is 0 Å². The zero-order chi connectivity index (χ0) is 20.9. The fourth-order valence-corrected chi connectivity index (χ4v) is 3.15. The molecule has 1 unspecified atom stereocenters. The van der Waals surface area contributed by atoms with E-state index in [1.54, 1.807) is 33.8 Å². The Labute approximate surface area is 174 Å². The first-order valence-electron chi connectivity index (χ1n) is 9.66. The molecule has 0 aliphatic rings. The summed E-state index contributed by atoms with van der Waals surface area (Å²) in [5.74, 6) is 0. The monoisotopic (exact) mass is 401 g/mol. The Hall–Kier alpha value is -3.94. The third-order valence-corrected chi connectivity index (χ3v) is 4.84. The third kappa shape index (κ3) is 4.38. The highest BCUT2D eigenvalue weighted by Gasteiger charge is 2.15. The fourth-order valence-electron chi connectivity index (χ4n) is 3.15. The summed E-state index contributed by atoms with van der Waals surface area (Å²) in [5, 5.41) is 11.5. The molecule has 0 saturated carbocycles. The molecular formula is C22H23N7O. The molecular weight excluding hydrogens is 378 g/mol. The number of benzene rings is 2. The summed E-state index contributed by atoms with van der Waals surface area (Å²) in [6.07, 6.45) is 6.86. The molecule has 0 bridgehead atoms. The van der Waals surface area contributed by atoms with Crippen molar-refractivity contribution >= 4 is 6.03 Å². The molecule has 4 aromatic rings. The molecule has 2 heterocycles. The number of rotatable bonds is 6. The van der Waals surface area contributed by atoms with Crippen LogP contribution in [0, 0.1) is 0 Å². The second-order valence-corrected chi connectivity index (χ2v) is 7.09. The lowest BCUT2D eigenvalue weighted by atomic mass is 10.1. The van der Waals surface area contributed by atoms with Gasteiger partial charge in [-0.05, 0) is 36.8 Å². The molecule has 8 heteroatoms. The average molecular weight is 401 g/mol. The second kappa shape index (κ2) is 8.60. The highest BCUT2D eigenvalue weighted by Crippen LogP contribution is 2.16. The van der Waals surface area contributed by atoms with E-state index < -0.39 is 0 Å². The van der Waals surface area contributed by atoms with E-state index in [4.69, 9.17) is 0 Å².